The zero-order valence-electron chi connectivity index (χ0n) is 20.4. The second kappa shape index (κ2) is 11.1. The van der Waals surface area contributed by atoms with E-state index in [9.17, 15) is 9.59 Å². The molecule has 8 nitrogen and oxygen atoms in total. The summed E-state index contributed by atoms with van der Waals surface area (Å²) in [5.41, 5.74) is 8.34. The topological polar surface area (TPSA) is 102 Å². The molecule has 2 aromatic heterocycles. The number of primary amides is 1. The van der Waals surface area contributed by atoms with Crippen LogP contribution in [0.3, 0.4) is 0 Å². The Morgan fingerprint density at radius 1 is 1.15 bits per heavy atom. The molecule has 0 fully saturated rings. The Morgan fingerprint density at radius 2 is 1.88 bits per heavy atom. The number of benzene rings is 1. The van der Waals surface area contributed by atoms with E-state index >= 15 is 0 Å². The standard InChI is InChI=1S/C24H31N5O3S2/c1-14(2)32-19-8-7-16(22(25)30)11-17(19)12-20-27-18(13-33-20)21-15(3)26-23(34-21)24(31)29(6)10-9-28(4)5/h7-8,11,13-14H,9-10,12H2,1-6H3,(H2,25,30). The summed E-state index contributed by atoms with van der Waals surface area (Å²) >= 11 is 2.88. The van der Waals surface area contributed by atoms with E-state index in [1.165, 1.54) is 22.7 Å². The molecule has 0 aliphatic rings. The molecule has 0 bridgehead atoms. The van der Waals surface area contributed by atoms with Crippen LogP contribution in [0.25, 0.3) is 10.6 Å². The number of ether oxygens (including phenoxy) is 1. The van der Waals surface area contributed by atoms with Gasteiger partial charge in [-0.2, -0.15) is 0 Å². The Morgan fingerprint density at radius 3 is 2.53 bits per heavy atom. The van der Waals surface area contributed by atoms with Crippen molar-refractivity contribution in [1.29, 1.82) is 0 Å². The van der Waals surface area contributed by atoms with Crippen LogP contribution in [0.1, 0.15) is 50.3 Å². The predicted molar refractivity (Wildman–Crippen MR) is 137 cm³/mol. The van der Waals surface area contributed by atoms with Crippen molar-refractivity contribution in [3.63, 3.8) is 0 Å². The van der Waals surface area contributed by atoms with E-state index in [-0.39, 0.29) is 12.0 Å². The van der Waals surface area contributed by atoms with Crippen molar-refractivity contribution in [3.8, 4) is 16.3 Å². The number of likely N-dealkylation sites (N-methyl/N-ethyl adjacent to an activating group) is 2. The molecule has 0 saturated heterocycles. The lowest BCUT2D eigenvalue weighted by Gasteiger charge is -2.18. The van der Waals surface area contributed by atoms with Crippen molar-refractivity contribution >= 4 is 34.5 Å². The number of aromatic nitrogens is 2. The first kappa shape index (κ1) is 25.8. The van der Waals surface area contributed by atoms with Crippen molar-refractivity contribution in [2.75, 3.05) is 34.2 Å². The molecule has 0 radical (unpaired) electrons. The fourth-order valence-corrected chi connectivity index (χ4v) is 5.14. The van der Waals surface area contributed by atoms with Crippen LogP contribution in [0.15, 0.2) is 23.6 Å². The van der Waals surface area contributed by atoms with Crippen LogP contribution >= 0.6 is 22.7 Å². The summed E-state index contributed by atoms with van der Waals surface area (Å²) in [4.78, 5) is 38.4. The predicted octanol–water partition coefficient (Wildman–Crippen LogP) is 3.69. The van der Waals surface area contributed by atoms with Crippen molar-refractivity contribution in [1.82, 2.24) is 19.8 Å². The molecule has 2 amide bonds. The van der Waals surface area contributed by atoms with E-state index in [0.717, 1.165) is 33.4 Å². The Balaban J connectivity index is 1.82. The van der Waals surface area contributed by atoms with Crippen LogP contribution in [0.2, 0.25) is 0 Å². The number of aryl methyl sites for hydroxylation is 1. The summed E-state index contributed by atoms with van der Waals surface area (Å²) in [6.45, 7) is 7.22. The van der Waals surface area contributed by atoms with Crippen LogP contribution in [0.5, 0.6) is 5.75 Å². The quantitative estimate of drug-likeness (QED) is 0.455. The number of carbonyl (C=O) groups is 2. The molecule has 182 valence electrons. The Hall–Kier alpha value is -2.82. The minimum atomic E-state index is -0.481. The Kier molecular flexibility index (Phi) is 8.40. The van der Waals surface area contributed by atoms with E-state index in [2.05, 4.69) is 4.98 Å². The molecule has 3 aromatic rings. The maximum absolute atomic E-state index is 12.8. The minimum absolute atomic E-state index is 0.00306. The van der Waals surface area contributed by atoms with Gasteiger partial charge in [-0.05, 0) is 53.1 Å². The summed E-state index contributed by atoms with van der Waals surface area (Å²) in [6.07, 6.45) is 0.502. The highest BCUT2D eigenvalue weighted by Gasteiger charge is 2.21. The molecule has 2 N–H and O–H groups in total. The third-order valence-corrected chi connectivity index (χ3v) is 7.06. The average molecular weight is 502 g/mol. The van der Waals surface area contributed by atoms with E-state index < -0.39 is 5.91 Å². The molecular weight excluding hydrogens is 470 g/mol. The smallest absolute Gasteiger partial charge is 0.282 e. The molecular formula is C24H31N5O3S2. The highest BCUT2D eigenvalue weighted by molar-refractivity contribution is 7.17. The van der Waals surface area contributed by atoms with E-state index in [4.69, 9.17) is 15.5 Å². The summed E-state index contributed by atoms with van der Waals surface area (Å²) in [5.74, 6) is 0.139. The maximum atomic E-state index is 12.8. The molecule has 34 heavy (non-hydrogen) atoms. The van der Waals surface area contributed by atoms with Gasteiger partial charge in [-0.3, -0.25) is 9.59 Å². The van der Waals surface area contributed by atoms with Gasteiger partial charge in [0.05, 0.1) is 27.4 Å². The highest BCUT2D eigenvalue weighted by Crippen LogP contribution is 2.33. The van der Waals surface area contributed by atoms with Gasteiger partial charge in [-0.1, -0.05) is 0 Å². The Bertz CT molecular complexity index is 1170. The van der Waals surface area contributed by atoms with Gasteiger partial charge >= 0.3 is 0 Å². The van der Waals surface area contributed by atoms with Gasteiger partial charge in [0.15, 0.2) is 5.01 Å². The summed E-state index contributed by atoms with van der Waals surface area (Å²) < 4.78 is 5.92. The number of hydrogen-bond acceptors (Lipinski definition) is 8. The van der Waals surface area contributed by atoms with Gasteiger partial charge in [0.2, 0.25) is 5.91 Å². The SMILES string of the molecule is Cc1nc(C(=O)N(C)CCN(C)C)sc1-c1csc(Cc2cc(C(N)=O)ccc2OC(C)C)n1. The fraction of sp³-hybridized carbons (Fsp3) is 0.417. The van der Waals surface area contributed by atoms with Crippen molar-refractivity contribution < 1.29 is 14.3 Å². The first-order chi connectivity index (χ1) is 16.0. The minimum Gasteiger partial charge on any atom is -0.491 e. The average Bonchev–Trinajstić information content (AvgIpc) is 3.38. The summed E-state index contributed by atoms with van der Waals surface area (Å²) in [5, 5.41) is 3.31. The molecule has 0 atom stereocenters. The third-order valence-electron chi connectivity index (χ3n) is 5.04. The highest BCUT2D eigenvalue weighted by atomic mass is 32.1. The van der Waals surface area contributed by atoms with Crippen LogP contribution in [0.4, 0.5) is 0 Å². The Labute approximate surface area is 208 Å². The van der Waals surface area contributed by atoms with Gasteiger partial charge in [0.25, 0.3) is 5.91 Å². The van der Waals surface area contributed by atoms with E-state index in [0.29, 0.717) is 29.3 Å². The number of carbonyl (C=O) groups excluding carboxylic acids is 2. The largest absolute Gasteiger partial charge is 0.491 e. The van der Waals surface area contributed by atoms with Gasteiger partial charge in [-0.25, -0.2) is 9.97 Å². The fourth-order valence-electron chi connectivity index (χ4n) is 3.24. The van der Waals surface area contributed by atoms with Gasteiger partial charge < -0.3 is 20.3 Å². The van der Waals surface area contributed by atoms with Gasteiger partial charge in [0, 0.05) is 43.1 Å². The molecule has 0 aliphatic heterocycles. The lowest BCUT2D eigenvalue weighted by atomic mass is 10.1. The normalized spacial score (nSPS) is 11.3. The number of amides is 2. The maximum Gasteiger partial charge on any atom is 0.282 e. The monoisotopic (exact) mass is 501 g/mol. The second-order valence-corrected chi connectivity index (χ2v) is 10.6. The molecule has 0 spiro atoms. The second-order valence-electron chi connectivity index (χ2n) is 8.62. The van der Waals surface area contributed by atoms with E-state index in [1.54, 1.807) is 30.1 Å². The van der Waals surface area contributed by atoms with Crippen molar-refractivity contribution in [3.05, 3.63) is 50.4 Å². The van der Waals surface area contributed by atoms with Crippen LogP contribution in [0, 0.1) is 6.92 Å². The molecule has 0 saturated carbocycles. The first-order valence-corrected chi connectivity index (χ1v) is 12.7. The van der Waals surface area contributed by atoms with Gasteiger partial charge in [-0.15, -0.1) is 22.7 Å². The number of nitrogens with two attached hydrogens (primary N) is 1. The zero-order chi connectivity index (χ0) is 25.0. The summed E-state index contributed by atoms with van der Waals surface area (Å²) in [7, 11) is 5.75. The number of nitrogens with zero attached hydrogens (tertiary/aromatic N) is 4. The van der Waals surface area contributed by atoms with Crippen LogP contribution in [-0.4, -0.2) is 71.9 Å². The number of rotatable bonds is 10. The number of thiazole rings is 2. The summed E-state index contributed by atoms with van der Waals surface area (Å²) in [6, 6.07) is 5.22. The van der Waals surface area contributed by atoms with Crippen molar-refractivity contribution in [2.45, 2.75) is 33.3 Å². The first-order valence-electron chi connectivity index (χ1n) is 11.0. The molecule has 0 aliphatic carbocycles. The van der Waals surface area contributed by atoms with Gasteiger partial charge in [0.1, 0.15) is 5.75 Å². The third kappa shape index (κ3) is 6.40. The lowest BCUT2D eigenvalue weighted by molar-refractivity contribution is 0.0785. The van der Waals surface area contributed by atoms with E-state index in [1.807, 2.05) is 45.1 Å². The molecule has 3 rings (SSSR count). The van der Waals surface area contributed by atoms with Crippen LogP contribution < -0.4 is 10.5 Å². The van der Waals surface area contributed by atoms with Crippen LogP contribution in [-0.2, 0) is 6.42 Å². The lowest BCUT2D eigenvalue weighted by Crippen LogP contribution is -2.33. The zero-order valence-corrected chi connectivity index (χ0v) is 22.0. The van der Waals surface area contributed by atoms with Crippen molar-refractivity contribution in [2.24, 2.45) is 5.73 Å². The molecule has 2 heterocycles. The number of hydrogen-bond donors (Lipinski definition) is 1. The molecule has 0 unspecified atom stereocenters. The molecule has 1 aromatic carbocycles. The molecule has 10 heteroatoms.